The Kier molecular flexibility index (Phi) is 4.22. The number of hydrogen-bond donors (Lipinski definition) is 1. The van der Waals surface area contributed by atoms with E-state index in [0.29, 0.717) is 5.02 Å². The average molecular weight is 296 g/mol. The van der Waals surface area contributed by atoms with Gasteiger partial charge in [0.05, 0.1) is 12.1 Å². The molecule has 0 spiro atoms. The Morgan fingerprint density at radius 2 is 2.26 bits per heavy atom. The maximum Gasteiger partial charge on any atom is 0.308 e. The quantitative estimate of drug-likeness (QED) is 0.931. The van der Waals surface area contributed by atoms with Crippen molar-refractivity contribution in [1.29, 1.82) is 0 Å². The number of nitrogens with zero attached hydrogens (tertiary/aromatic N) is 1. The van der Waals surface area contributed by atoms with E-state index in [1.807, 2.05) is 31.2 Å². The van der Waals surface area contributed by atoms with Crippen LogP contribution in [0.1, 0.15) is 34.0 Å². The van der Waals surface area contributed by atoms with Crippen molar-refractivity contribution in [3.8, 4) is 0 Å². The Morgan fingerprint density at radius 1 is 1.53 bits per heavy atom. The van der Waals surface area contributed by atoms with Gasteiger partial charge in [-0.15, -0.1) is 11.3 Å². The number of benzene rings is 1. The molecule has 0 saturated heterocycles. The van der Waals surface area contributed by atoms with Crippen LogP contribution in [0.4, 0.5) is 0 Å². The van der Waals surface area contributed by atoms with Crippen LogP contribution >= 0.6 is 22.9 Å². The van der Waals surface area contributed by atoms with Gasteiger partial charge in [-0.05, 0) is 24.6 Å². The highest BCUT2D eigenvalue weighted by atomic mass is 35.5. The second kappa shape index (κ2) is 5.72. The Hall–Kier alpha value is -1.39. The smallest absolute Gasteiger partial charge is 0.308 e. The van der Waals surface area contributed by atoms with Gasteiger partial charge in [0.1, 0.15) is 5.01 Å². The van der Waals surface area contributed by atoms with Gasteiger partial charge in [-0.1, -0.05) is 30.7 Å². The molecule has 3 nitrogen and oxygen atoms in total. The Labute approximate surface area is 120 Å². The predicted octanol–water partition coefficient (Wildman–Crippen LogP) is 3.88. The summed E-state index contributed by atoms with van der Waals surface area (Å²) in [5, 5.41) is 10.5. The Morgan fingerprint density at radius 3 is 2.89 bits per heavy atom. The lowest BCUT2D eigenvalue weighted by atomic mass is 10.0. The van der Waals surface area contributed by atoms with E-state index in [1.54, 1.807) is 0 Å². The molecular formula is C14H14ClNO2S. The summed E-state index contributed by atoms with van der Waals surface area (Å²) in [6, 6.07) is 7.66. The average Bonchev–Trinajstić information content (AvgIpc) is 2.69. The minimum Gasteiger partial charge on any atom is -0.481 e. The maximum atomic E-state index is 10.8. The fourth-order valence-corrected chi connectivity index (χ4v) is 3.19. The van der Waals surface area contributed by atoms with Crippen molar-refractivity contribution in [3.63, 3.8) is 0 Å². The van der Waals surface area contributed by atoms with Crippen LogP contribution < -0.4 is 0 Å². The molecule has 1 aromatic heterocycles. The van der Waals surface area contributed by atoms with Crippen LogP contribution in [0.2, 0.25) is 5.02 Å². The zero-order valence-electron chi connectivity index (χ0n) is 10.7. The van der Waals surface area contributed by atoms with E-state index in [0.717, 1.165) is 21.1 Å². The molecule has 1 aromatic carbocycles. The van der Waals surface area contributed by atoms with E-state index >= 15 is 0 Å². The lowest BCUT2D eigenvalue weighted by Gasteiger charge is -2.08. The summed E-state index contributed by atoms with van der Waals surface area (Å²) in [4.78, 5) is 16.1. The lowest BCUT2D eigenvalue weighted by molar-refractivity contribution is -0.136. The van der Waals surface area contributed by atoms with Crippen LogP contribution in [-0.2, 0) is 11.2 Å². The molecule has 0 aliphatic rings. The first-order valence-corrected chi connectivity index (χ1v) is 7.10. The highest BCUT2D eigenvalue weighted by Crippen LogP contribution is 2.31. The van der Waals surface area contributed by atoms with Gasteiger partial charge >= 0.3 is 5.97 Å². The van der Waals surface area contributed by atoms with Crippen LogP contribution in [0.25, 0.3) is 0 Å². The molecule has 0 radical (unpaired) electrons. The molecule has 0 aliphatic heterocycles. The number of carboxylic acids is 1. The minimum atomic E-state index is -0.825. The number of hydrogen-bond acceptors (Lipinski definition) is 3. The van der Waals surface area contributed by atoms with Crippen molar-refractivity contribution < 1.29 is 9.90 Å². The predicted molar refractivity (Wildman–Crippen MR) is 77.2 cm³/mol. The molecule has 2 aromatic rings. The normalized spacial score (nSPS) is 12.4. The summed E-state index contributed by atoms with van der Waals surface area (Å²) in [6.07, 6.45) is 0.0335. The van der Waals surface area contributed by atoms with E-state index in [4.69, 9.17) is 16.7 Å². The van der Waals surface area contributed by atoms with Crippen LogP contribution in [0.3, 0.4) is 0 Å². The molecule has 0 saturated carbocycles. The monoisotopic (exact) mass is 295 g/mol. The number of aromatic nitrogens is 1. The van der Waals surface area contributed by atoms with Crippen LogP contribution in [-0.4, -0.2) is 16.1 Å². The summed E-state index contributed by atoms with van der Waals surface area (Å²) < 4.78 is 0. The molecule has 0 fully saturated rings. The first-order chi connectivity index (χ1) is 8.97. The van der Waals surface area contributed by atoms with E-state index in [9.17, 15) is 4.79 Å². The number of aryl methyl sites for hydroxylation is 1. The van der Waals surface area contributed by atoms with Crippen molar-refractivity contribution in [3.05, 3.63) is 50.4 Å². The molecule has 5 heteroatoms. The van der Waals surface area contributed by atoms with Gasteiger partial charge < -0.3 is 5.11 Å². The standard InChI is InChI=1S/C14H14ClNO2S/c1-8(10-4-3-5-11(15)6-10)14-16-9(2)12(19-14)7-13(17)18/h3-6,8H,7H2,1-2H3,(H,17,18). The first kappa shape index (κ1) is 14.0. The number of thiazole rings is 1. The Bertz CT molecular complexity index is 609. The van der Waals surface area contributed by atoms with Crippen molar-refractivity contribution in [1.82, 2.24) is 4.98 Å². The lowest BCUT2D eigenvalue weighted by Crippen LogP contribution is -1.99. The summed E-state index contributed by atoms with van der Waals surface area (Å²) in [6.45, 7) is 3.90. The SMILES string of the molecule is Cc1nc(C(C)c2cccc(Cl)c2)sc1CC(=O)O. The van der Waals surface area contributed by atoms with E-state index in [-0.39, 0.29) is 12.3 Å². The third-order valence-electron chi connectivity index (χ3n) is 2.94. The first-order valence-electron chi connectivity index (χ1n) is 5.91. The second-order valence-electron chi connectivity index (χ2n) is 4.41. The van der Waals surface area contributed by atoms with Gasteiger partial charge in [-0.3, -0.25) is 4.79 Å². The summed E-state index contributed by atoms with van der Waals surface area (Å²) in [5.74, 6) is -0.710. The second-order valence-corrected chi connectivity index (χ2v) is 5.96. The maximum absolute atomic E-state index is 10.8. The number of aliphatic carboxylic acids is 1. The van der Waals surface area contributed by atoms with Gasteiger partial charge in [0.25, 0.3) is 0 Å². The molecule has 1 atom stereocenters. The molecule has 100 valence electrons. The van der Waals surface area contributed by atoms with Gasteiger partial charge in [0.2, 0.25) is 0 Å². The minimum absolute atomic E-state index is 0.0335. The molecule has 1 unspecified atom stereocenters. The molecule has 0 aliphatic carbocycles. The highest BCUT2D eigenvalue weighted by Gasteiger charge is 2.17. The van der Waals surface area contributed by atoms with Gasteiger partial charge in [0.15, 0.2) is 0 Å². The van der Waals surface area contributed by atoms with Crippen LogP contribution in [0.5, 0.6) is 0 Å². The molecule has 1 N–H and O–H groups in total. The largest absolute Gasteiger partial charge is 0.481 e. The topological polar surface area (TPSA) is 50.2 Å². The zero-order chi connectivity index (χ0) is 14.0. The van der Waals surface area contributed by atoms with Crippen LogP contribution in [0, 0.1) is 6.92 Å². The third-order valence-corrected chi connectivity index (χ3v) is 4.52. The van der Waals surface area contributed by atoms with Gasteiger partial charge in [-0.25, -0.2) is 4.98 Å². The van der Waals surface area contributed by atoms with Crippen molar-refractivity contribution in [2.75, 3.05) is 0 Å². The molecule has 19 heavy (non-hydrogen) atoms. The molecular weight excluding hydrogens is 282 g/mol. The third kappa shape index (κ3) is 3.33. The molecule has 1 heterocycles. The molecule has 0 amide bonds. The summed E-state index contributed by atoms with van der Waals surface area (Å²) in [5.41, 5.74) is 1.89. The van der Waals surface area contributed by atoms with Gasteiger partial charge in [0, 0.05) is 15.8 Å². The fraction of sp³-hybridized carbons (Fsp3) is 0.286. The van der Waals surface area contributed by atoms with E-state index < -0.39 is 5.97 Å². The van der Waals surface area contributed by atoms with E-state index in [2.05, 4.69) is 11.9 Å². The molecule has 0 bridgehead atoms. The number of halogens is 1. The highest BCUT2D eigenvalue weighted by molar-refractivity contribution is 7.12. The number of rotatable bonds is 4. The van der Waals surface area contributed by atoms with Crippen molar-refractivity contribution >= 4 is 28.9 Å². The molecule has 2 rings (SSSR count). The summed E-state index contributed by atoms with van der Waals surface area (Å²) >= 11 is 7.45. The number of carboxylic acid groups (broad SMARTS) is 1. The van der Waals surface area contributed by atoms with Crippen molar-refractivity contribution in [2.45, 2.75) is 26.2 Å². The van der Waals surface area contributed by atoms with E-state index in [1.165, 1.54) is 11.3 Å². The van der Waals surface area contributed by atoms with Gasteiger partial charge in [-0.2, -0.15) is 0 Å². The van der Waals surface area contributed by atoms with Crippen molar-refractivity contribution in [2.24, 2.45) is 0 Å². The van der Waals surface area contributed by atoms with Crippen LogP contribution in [0.15, 0.2) is 24.3 Å². The fourth-order valence-electron chi connectivity index (χ4n) is 1.86. The Balaban J connectivity index is 2.29. The number of carbonyl (C=O) groups is 1. The zero-order valence-corrected chi connectivity index (χ0v) is 12.3. The summed E-state index contributed by atoms with van der Waals surface area (Å²) in [7, 11) is 0.